The highest BCUT2D eigenvalue weighted by Gasteiger charge is 2.26. The Labute approximate surface area is 115 Å². The first-order valence-electron chi connectivity index (χ1n) is 6.13. The van der Waals surface area contributed by atoms with Gasteiger partial charge in [-0.3, -0.25) is 0 Å². The van der Waals surface area contributed by atoms with Gasteiger partial charge in [-0.05, 0) is 36.6 Å². The summed E-state index contributed by atoms with van der Waals surface area (Å²) in [5, 5.41) is 21.3. The lowest BCUT2D eigenvalue weighted by molar-refractivity contribution is 0.475. The van der Waals surface area contributed by atoms with E-state index in [0.29, 0.717) is 11.5 Å². The highest BCUT2D eigenvalue weighted by molar-refractivity contribution is 7.11. The normalized spacial score (nSPS) is 15.2. The second kappa shape index (κ2) is 4.87. The molecule has 1 saturated carbocycles. The summed E-state index contributed by atoms with van der Waals surface area (Å²) in [6.45, 7) is 0. The minimum atomic E-state index is 0.223. The highest BCUT2D eigenvalue weighted by Crippen LogP contribution is 2.40. The van der Waals surface area contributed by atoms with Crippen molar-refractivity contribution >= 4 is 23.0 Å². The summed E-state index contributed by atoms with van der Waals surface area (Å²) >= 11 is 1.52. The molecule has 1 aliphatic rings. The van der Waals surface area contributed by atoms with E-state index in [1.54, 1.807) is 30.3 Å². The van der Waals surface area contributed by atoms with Crippen molar-refractivity contribution in [2.45, 2.75) is 18.8 Å². The van der Waals surface area contributed by atoms with Crippen molar-refractivity contribution in [3.63, 3.8) is 0 Å². The fraction of sp³-hybridized carbons (Fsp3) is 0.200. The van der Waals surface area contributed by atoms with Crippen molar-refractivity contribution < 1.29 is 5.11 Å². The molecule has 0 amide bonds. The predicted octanol–water partition coefficient (Wildman–Crippen LogP) is 3.79. The molecule has 3 nitrogen and oxygen atoms in total. The average molecular weight is 268 g/mol. The lowest BCUT2D eigenvalue weighted by Crippen LogP contribution is -1.83. The molecule has 0 unspecified atom stereocenters. The summed E-state index contributed by atoms with van der Waals surface area (Å²) in [6, 6.07) is 8.98. The molecule has 2 aromatic rings. The third-order valence-electron chi connectivity index (χ3n) is 3.07. The van der Waals surface area contributed by atoms with Gasteiger partial charge in [0, 0.05) is 11.3 Å². The van der Waals surface area contributed by atoms with E-state index in [1.165, 1.54) is 24.2 Å². The zero-order chi connectivity index (χ0) is 13.2. The van der Waals surface area contributed by atoms with E-state index in [0.717, 1.165) is 16.3 Å². The molecule has 19 heavy (non-hydrogen) atoms. The van der Waals surface area contributed by atoms with Crippen LogP contribution in [0.15, 0.2) is 29.6 Å². The van der Waals surface area contributed by atoms with Crippen LogP contribution in [-0.2, 0) is 0 Å². The number of thiazole rings is 1. The van der Waals surface area contributed by atoms with Crippen molar-refractivity contribution in [1.82, 2.24) is 4.98 Å². The SMILES string of the molecule is N#C/C(=C/c1ccc(O)cc1)c1nc(C2CC2)cs1. The molecular weight excluding hydrogens is 256 g/mol. The Morgan fingerprint density at radius 3 is 2.74 bits per heavy atom. The van der Waals surface area contributed by atoms with Crippen LogP contribution in [0.1, 0.15) is 35.0 Å². The number of rotatable bonds is 3. The smallest absolute Gasteiger partial charge is 0.134 e. The summed E-state index contributed by atoms with van der Waals surface area (Å²) in [7, 11) is 0. The van der Waals surface area contributed by atoms with Crippen molar-refractivity contribution in [2.75, 3.05) is 0 Å². The number of phenolic OH excluding ortho intramolecular Hbond substituents is 1. The maximum Gasteiger partial charge on any atom is 0.134 e. The fourth-order valence-corrected chi connectivity index (χ4v) is 2.72. The average Bonchev–Trinajstić information content (AvgIpc) is 3.17. The minimum absolute atomic E-state index is 0.223. The van der Waals surface area contributed by atoms with Crippen LogP contribution in [0.3, 0.4) is 0 Å². The first kappa shape index (κ1) is 11.9. The van der Waals surface area contributed by atoms with Gasteiger partial charge in [-0.15, -0.1) is 11.3 Å². The zero-order valence-corrected chi connectivity index (χ0v) is 11.0. The summed E-state index contributed by atoms with van der Waals surface area (Å²) in [5.74, 6) is 0.833. The number of benzene rings is 1. The maximum absolute atomic E-state index is 9.26. The Kier molecular flexibility index (Phi) is 3.06. The number of nitriles is 1. The van der Waals surface area contributed by atoms with Gasteiger partial charge in [-0.1, -0.05) is 12.1 Å². The molecule has 1 fully saturated rings. The van der Waals surface area contributed by atoms with Crippen LogP contribution in [-0.4, -0.2) is 10.1 Å². The maximum atomic E-state index is 9.26. The van der Waals surface area contributed by atoms with E-state index in [9.17, 15) is 10.4 Å². The topological polar surface area (TPSA) is 56.9 Å². The van der Waals surface area contributed by atoms with E-state index < -0.39 is 0 Å². The monoisotopic (exact) mass is 268 g/mol. The Morgan fingerprint density at radius 2 is 2.11 bits per heavy atom. The number of allylic oxidation sites excluding steroid dienone is 1. The van der Waals surface area contributed by atoms with Crippen LogP contribution in [0, 0.1) is 11.3 Å². The molecule has 0 atom stereocenters. The van der Waals surface area contributed by atoms with Crippen molar-refractivity contribution in [3.8, 4) is 11.8 Å². The highest BCUT2D eigenvalue weighted by atomic mass is 32.1. The molecule has 0 bridgehead atoms. The van der Waals surface area contributed by atoms with Gasteiger partial charge in [-0.25, -0.2) is 4.98 Å². The summed E-state index contributed by atoms with van der Waals surface area (Å²) < 4.78 is 0. The number of aromatic nitrogens is 1. The Bertz CT molecular complexity index is 660. The van der Waals surface area contributed by atoms with Crippen molar-refractivity contribution in [3.05, 3.63) is 45.9 Å². The van der Waals surface area contributed by atoms with Crippen molar-refractivity contribution in [1.29, 1.82) is 5.26 Å². The number of aromatic hydroxyl groups is 1. The van der Waals surface area contributed by atoms with E-state index in [-0.39, 0.29) is 5.75 Å². The van der Waals surface area contributed by atoms with Gasteiger partial charge in [0.1, 0.15) is 16.8 Å². The van der Waals surface area contributed by atoms with E-state index in [1.807, 2.05) is 0 Å². The van der Waals surface area contributed by atoms with Gasteiger partial charge < -0.3 is 5.11 Å². The van der Waals surface area contributed by atoms with Crippen LogP contribution < -0.4 is 0 Å². The number of hydrogen-bond acceptors (Lipinski definition) is 4. The summed E-state index contributed by atoms with van der Waals surface area (Å²) in [6.07, 6.45) is 4.23. The van der Waals surface area contributed by atoms with Crippen LogP contribution >= 0.6 is 11.3 Å². The van der Waals surface area contributed by atoms with E-state index in [4.69, 9.17) is 0 Å². The van der Waals surface area contributed by atoms with Gasteiger partial charge in [0.2, 0.25) is 0 Å². The summed E-state index contributed by atoms with van der Waals surface area (Å²) in [4.78, 5) is 4.54. The second-order valence-corrected chi connectivity index (χ2v) is 5.47. The molecule has 1 heterocycles. The Balaban J connectivity index is 1.90. The third kappa shape index (κ3) is 2.67. The molecule has 0 spiro atoms. The molecule has 0 radical (unpaired) electrons. The summed E-state index contributed by atoms with van der Waals surface area (Å²) in [5.41, 5.74) is 2.58. The van der Waals surface area contributed by atoms with Gasteiger partial charge >= 0.3 is 0 Å². The first-order chi connectivity index (χ1) is 9.26. The van der Waals surface area contributed by atoms with Crippen LogP contribution in [0.4, 0.5) is 0 Å². The zero-order valence-electron chi connectivity index (χ0n) is 10.2. The molecule has 4 heteroatoms. The standard InChI is InChI=1S/C15H12N2OS/c16-8-12(7-10-1-5-13(18)6-2-10)15-17-14(9-19-15)11-3-4-11/h1-2,5-7,9,11,18H,3-4H2/b12-7-. The van der Waals surface area contributed by atoms with E-state index in [2.05, 4.69) is 16.4 Å². The molecule has 1 N–H and O–H groups in total. The Hall–Kier alpha value is -2.12. The molecule has 1 aromatic heterocycles. The fourth-order valence-electron chi connectivity index (χ4n) is 1.86. The molecule has 0 aliphatic heterocycles. The largest absolute Gasteiger partial charge is 0.508 e. The third-order valence-corrected chi connectivity index (χ3v) is 3.97. The number of nitrogens with zero attached hydrogens (tertiary/aromatic N) is 2. The second-order valence-electron chi connectivity index (χ2n) is 4.61. The van der Waals surface area contributed by atoms with Gasteiger partial charge in [0.15, 0.2) is 0 Å². The molecule has 0 saturated heterocycles. The number of hydrogen-bond donors (Lipinski definition) is 1. The van der Waals surface area contributed by atoms with Crippen LogP contribution in [0.2, 0.25) is 0 Å². The lowest BCUT2D eigenvalue weighted by atomic mass is 10.1. The quantitative estimate of drug-likeness (QED) is 0.862. The molecule has 1 aromatic carbocycles. The van der Waals surface area contributed by atoms with Gasteiger partial charge in [0.25, 0.3) is 0 Å². The first-order valence-corrected chi connectivity index (χ1v) is 7.01. The molecular formula is C15H12N2OS. The van der Waals surface area contributed by atoms with Crippen LogP contribution in [0.25, 0.3) is 11.6 Å². The molecule has 94 valence electrons. The minimum Gasteiger partial charge on any atom is -0.508 e. The van der Waals surface area contributed by atoms with Crippen LogP contribution in [0.5, 0.6) is 5.75 Å². The molecule has 1 aliphatic carbocycles. The number of phenols is 1. The predicted molar refractivity (Wildman–Crippen MR) is 75.7 cm³/mol. The van der Waals surface area contributed by atoms with Crippen molar-refractivity contribution in [2.24, 2.45) is 0 Å². The lowest BCUT2D eigenvalue weighted by Gasteiger charge is -1.96. The molecule has 3 rings (SSSR count). The van der Waals surface area contributed by atoms with E-state index >= 15 is 0 Å². The Morgan fingerprint density at radius 1 is 1.37 bits per heavy atom. The van der Waals surface area contributed by atoms with Gasteiger partial charge in [-0.2, -0.15) is 5.26 Å². The van der Waals surface area contributed by atoms with Gasteiger partial charge in [0.05, 0.1) is 11.3 Å².